The van der Waals surface area contributed by atoms with Gasteiger partial charge in [-0.3, -0.25) is 0 Å². The molecule has 0 bridgehead atoms. The van der Waals surface area contributed by atoms with Gasteiger partial charge >= 0.3 is 0 Å². The SMILES string of the molecule is Cc1sc2ncnc(-n3nnc(-c4ccc(Br)cc4)n3)c2c1C. The molecule has 3 aromatic heterocycles. The Morgan fingerprint density at radius 3 is 2.65 bits per heavy atom. The molecule has 0 fully saturated rings. The van der Waals surface area contributed by atoms with Gasteiger partial charge in [-0.15, -0.1) is 26.3 Å². The Balaban J connectivity index is 1.85. The molecule has 3 heterocycles. The molecule has 0 amide bonds. The smallest absolute Gasteiger partial charge is 0.205 e. The summed E-state index contributed by atoms with van der Waals surface area (Å²) in [6.45, 7) is 4.14. The van der Waals surface area contributed by atoms with Crippen LogP contribution in [-0.2, 0) is 0 Å². The third-order valence-corrected chi connectivity index (χ3v) is 5.29. The summed E-state index contributed by atoms with van der Waals surface area (Å²) in [6, 6.07) is 7.79. The number of aryl methyl sites for hydroxylation is 2. The second-order valence-electron chi connectivity index (χ2n) is 5.07. The fourth-order valence-electron chi connectivity index (χ4n) is 2.33. The van der Waals surface area contributed by atoms with Crippen molar-refractivity contribution in [2.75, 3.05) is 0 Å². The highest BCUT2D eigenvalue weighted by Gasteiger charge is 2.16. The monoisotopic (exact) mass is 386 g/mol. The van der Waals surface area contributed by atoms with Crippen molar-refractivity contribution in [3.8, 4) is 17.2 Å². The van der Waals surface area contributed by atoms with Crippen LogP contribution in [0.4, 0.5) is 0 Å². The zero-order valence-corrected chi connectivity index (χ0v) is 14.8. The molecule has 0 aliphatic rings. The maximum Gasteiger partial charge on any atom is 0.205 e. The predicted octanol–water partition coefficient (Wildman–Crippen LogP) is 3.71. The molecule has 23 heavy (non-hydrogen) atoms. The van der Waals surface area contributed by atoms with E-state index in [1.165, 1.54) is 16.0 Å². The fraction of sp³-hybridized carbons (Fsp3) is 0.133. The molecule has 8 heteroatoms. The van der Waals surface area contributed by atoms with Crippen LogP contribution in [0.5, 0.6) is 0 Å². The van der Waals surface area contributed by atoms with Crippen molar-refractivity contribution in [2.24, 2.45) is 0 Å². The van der Waals surface area contributed by atoms with Gasteiger partial charge in [0.15, 0.2) is 5.82 Å². The molecule has 0 spiro atoms. The molecule has 0 radical (unpaired) electrons. The molecule has 0 aliphatic carbocycles. The zero-order chi connectivity index (χ0) is 16.0. The molecule has 4 aromatic rings. The lowest BCUT2D eigenvalue weighted by Gasteiger charge is -2.00. The number of thiophene rings is 1. The maximum atomic E-state index is 4.47. The van der Waals surface area contributed by atoms with E-state index in [0.29, 0.717) is 11.6 Å². The van der Waals surface area contributed by atoms with Gasteiger partial charge in [0.05, 0.1) is 5.39 Å². The molecule has 0 atom stereocenters. The molecule has 1 aromatic carbocycles. The molecule has 0 saturated carbocycles. The maximum absolute atomic E-state index is 4.47. The molecule has 0 saturated heterocycles. The summed E-state index contributed by atoms with van der Waals surface area (Å²) in [7, 11) is 0. The second-order valence-corrected chi connectivity index (χ2v) is 7.19. The third-order valence-electron chi connectivity index (χ3n) is 3.65. The van der Waals surface area contributed by atoms with Crippen molar-refractivity contribution in [1.82, 2.24) is 30.2 Å². The number of tetrazole rings is 1. The van der Waals surface area contributed by atoms with E-state index in [1.54, 1.807) is 11.3 Å². The number of nitrogens with zero attached hydrogens (tertiary/aromatic N) is 6. The van der Waals surface area contributed by atoms with Crippen molar-refractivity contribution in [1.29, 1.82) is 0 Å². The Labute approximate surface area is 144 Å². The van der Waals surface area contributed by atoms with Crippen LogP contribution in [-0.4, -0.2) is 30.2 Å². The third kappa shape index (κ3) is 2.43. The molecule has 0 aliphatic heterocycles. The first-order valence-corrected chi connectivity index (χ1v) is 8.51. The van der Waals surface area contributed by atoms with Crippen LogP contribution in [0.2, 0.25) is 0 Å². The number of halogens is 1. The number of fused-ring (bicyclic) bond motifs is 1. The fourth-order valence-corrected chi connectivity index (χ4v) is 3.59. The predicted molar refractivity (Wildman–Crippen MR) is 92.7 cm³/mol. The average Bonchev–Trinajstić information content (AvgIpc) is 3.14. The Kier molecular flexibility index (Phi) is 3.42. The molecule has 0 N–H and O–H groups in total. The normalized spacial score (nSPS) is 11.3. The lowest BCUT2D eigenvalue weighted by Crippen LogP contribution is -2.03. The molecule has 4 rings (SSSR count). The van der Waals surface area contributed by atoms with Gasteiger partial charge in [0.1, 0.15) is 11.2 Å². The van der Waals surface area contributed by atoms with E-state index in [-0.39, 0.29) is 0 Å². The molecule has 0 unspecified atom stereocenters. The second kappa shape index (κ2) is 5.47. The van der Waals surface area contributed by atoms with E-state index in [2.05, 4.69) is 55.2 Å². The Bertz CT molecular complexity index is 1000. The van der Waals surface area contributed by atoms with Crippen molar-refractivity contribution in [3.63, 3.8) is 0 Å². The standard InChI is InChI=1S/C15H11BrN6S/c1-8-9(2)23-15-12(8)14(17-7-18-15)22-20-13(19-21-22)10-3-5-11(16)6-4-10/h3-7H,1-2H3. The zero-order valence-electron chi connectivity index (χ0n) is 12.4. The largest absolute Gasteiger partial charge is 0.225 e. The summed E-state index contributed by atoms with van der Waals surface area (Å²) in [5.74, 6) is 1.22. The number of hydrogen-bond acceptors (Lipinski definition) is 6. The minimum absolute atomic E-state index is 0.564. The quantitative estimate of drug-likeness (QED) is 0.525. The van der Waals surface area contributed by atoms with E-state index in [1.807, 2.05) is 24.3 Å². The van der Waals surface area contributed by atoms with Crippen molar-refractivity contribution in [3.05, 3.63) is 45.5 Å². The minimum Gasteiger partial charge on any atom is -0.225 e. The Hall–Kier alpha value is -2.19. The highest BCUT2D eigenvalue weighted by atomic mass is 79.9. The van der Waals surface area contributed by atoms with E-state index >= 15 is 0 Å². The van der Waals surface area contributed by atoms with E-state index < -0.39 is 0 Å². The first-order chi connectivity index (χ1) is 11.1. The molecule has 114 valence electrons. The first-order valence-electron chi connectivity index (χ1n) is 6.90. The summed E-state index contributed by atoms with van der Waals surface area (Å²) >= 11 is 5.07. The van der Waals surface area contributed by atoms with Gasteiger partial charge in [0, 0.05) is 14.9 Å². The van der Waals surface area contributed by atoms with Crippen LogP contribution in [0.25, 0.3) is 27.4 Å². The van der Waals surface area contributed by atoms with Gasteiger partial charge in [0.2, 0.25) is 5.82 Å². The summed E-state index contributed by atoms with van der Waals surface area (Å²) in [6.07, 6.45) is 1.54. The number of benzene rings is 1. The number of aromatic nitrogens is 6. The highest BCUT2D eigenvalue weighted by molar-refractivity contribution is 9.10. The first kappa shape index (κ1) is 14.4. The summed E-state index contributed by atoms with van der Waals surface area (Å²) in [5.41, 5.74) is 2.06. The molecular formula is C15H11BrN6S. The van der Waals surface area contributed by atoms with Gasteiger partial charge in [-0.25, -0.2) is 9.97 Å². The van der Waals surface area contributed by atoms with Gasteiger partial charge in [0.25, 0.3) is 0 Å². The van der Waals surface area contributed by atoms with Crippen LogP contribution in [0.1, 0.15) is 10.4 Å². The summed E-state index contributed by atoms with van der Waals surface area (Å²) < 4.78 is 1.01. The topological polar surface area (TPSA) is 69.4 Å². The van der Waals surface area contributed by atoms with Crippen molar-refractivity contribution in [2.45, 2.75) is 13.8 Å². The lowest BCUT2D eigenvalue weighted by molar-refractivity contribution is 0.704. The van der Waals surface area contributed by atoms with Crippen molar-refractivity contribution >= 4 is 37.5 Å². The van der Waals surface area contributed by atoms with Crippen LogP contribution in [0.3, 0.4) is 0 Å². The van der Waals surface area contributed by atoms with Gasteiger partial charge in [-0.05, 0) is 48.9 Å². The van der Waals surface area contributed by atoms with Crippen molar-refractivity contribution < 1.29 is 0 Å². The van der Waals surface area contributed by atoms with E-state index in [9.17, 15) is 0 Å². The minimum atomic E-state index is 0.564. The lowest BCUT2D eigenvalue weighted by atomic mass is 10.2. The highest BCUT2D eigenvalue weighted by Crippen LogP contribution is 2.31. The van der Waals surface area contributed by atoms with E-state index in [4.69, 9.17) is 0 Å². The Morgan fingerprint density at radius 2 is 1.87 bits per heavy atom. The average molecular weight is 387 g/mol. The summed E-state index contributed by atoms with van der Waals surface area (Å²) in [5, 5.41) is 13.8. The van der Waals surface area contributed by atoms with Gasteiger partial charge in [-0.1, -0.05) is 15.9 Å². The molecular weight excluding hydrogens is 376 g/mol. The van der Waals surface area contributed by atoms with E-state index in [0.717, 1.165) is 25.8 Å². The van der Waals surface area contributed by atoms with Gasteiger partial charge < -0.3 is 0 Å². The van der Waals surface area contributed by atoms with Crippen LogP contribution < -0.4 is 0 Å². The van der Waals surface area contributed by atoms with Crippen LogP contribution >= 0.6 is 27.3 Å². The number of rotatable bonds is 2. The Morgan fingerprint density at radius 1 is 1.09 bits per heavy atom. The number of hydrogen-bond donors (Lipinski definition) is 0. The van der Waals surface area contributed by atoms with Gasteiger partial charge in [-0.2, -0.15) is 0 Å². The summed E-state index contributed by atoms with van der Waals surface area (Å²) in [4.78, 5) is 12.3. The molecule has 6 nitrogen and oxygen atoms in total. The van der Waals surface area contributed by atoms with Crippen LogP contribution in [0.15, 0.2) is 35.1 Å². The van der Waals surface area contributed by atoms with Crippen LogP contribution in [0, 0.1) is 13.8 Å².